The van der Waals surface area contributed by atoms with E-state index < -0.39 is 0 Å². The lowest BCUT2D eigenvalue weighted by Gasteiger charge is -2.39. The van der Waals surface area contributed by atoms with Gasteiger partial charge in [-0.05, 0) is 50.3 Å². The molecule has 0 amide bonds. The van der Waals surface area contributed by atoms with Crippen LogP contribution in [0.2, 0.25) is 0 Å². The van der Waals surface area contributed by atoms with Crippen LogP contribution in [0.4, 0.5) is 0 Å². The zero-order chi connectivity index (χ0) is 20.1. The summed E-state index contributed by atoms with van der Waals surface area (Å²) < 4.78 is 0. The van der Waals surface area contributed by atoms with Crippen molar-refractivity contribution in [3.63, 3.8) is 0 Å². The molecular weight excluding hydrogens is 358 g/mol. The van der Waals surface area contributed by atoms with Crippen LogP contribution in [-0.2, 0) is 0 Å². The van der Waals surface area contributed by atoms with Crippen LogP contribution < -0.4 is 5.32 Å². The molecule has 4 rings (SSSR count). The van der Waals surface area contributed by atoms with Crippen LogP contribution in [0.5, 0.6) is 0 Å². The number of hydrogen-bond acceptors (Lipinski definition) is 5. The van der Waals surface area contributed by atoms with E-state index in [2.05, 4.69) is 34.5 Å². The molecule has 5 nitrogen and oxygen atoms in total. The van der Waals surface area contributed by atoms with Crippen LogP contribution in [0.25, 0.3) is 0 Å². The normalized spacial score (nSPS) is 26.0. The van der Waals surface area contributed by atoms with Crippen molar-refractivity contribution < 1.29 is 0 Å². The second-order valence-electron chi connectivity index (χ2n) is 8.58. The van der Waals surface area contributed by atoms with Crippen LogP contribution in [0, 0.1) is 16.7 Å². The Bertz CT molecular complexity index is 771. The Balaban J connectivity index is 1.45. The van der Waals surface area contributed by atoms with Gasteiger partial charge in [-0.25, -0.2) is 4.99 Å². The smallest absolute Gasteiger partial charge is 0.138 e. The van der Waals surface area contributed by atoms with Crippen molar-refractivity contribution in [1.82, 2.24) is 10.2 Å². The highest BCUT2D eigenvalue weighted by Gasteiger charge is 2.30. The Morgan fingerprint density at radius 3 is 2.62 bits per heavy atom. The maximum Gasteiger partial charge on any atom is 0.138 e. The third-order valence-corrected chi connectivity index (χ3v) is 6.54. The van der Waals surface area contributed by atoms with Gasteiger partial charge in [0.15, 0.2) is 0 Å². The summed E-state index contributed by atoms with van der Waals surface area (Å²) in [5.41, 5.74) is 2.47. The van der Waals surface area contributed by atoms with Crippen LogP contribution >= 0.6 is 0 Å². The molecule has 1 unspecified atom stereocenters. The van der Waals surface area contributed by atoms with E-state index in [1.165, 1.54) is 38.3 Å². The summed E-state index contributed by atoms with van der Waals surface area (Å²) in [7, 11) is 0. The monoisotopic (exact) mass is 391 g/mol. The van der Waals surface area contributed by atoms with Crippen LogP contribution in [-0.4, -0.2) is 47.8 Å². The molecule has 1 atom stereocenters. The molecule has 0 bridgehead atoms. The van der Waals surface area contributed by atoms with Gasteiger partial charge in [0.05, 0.1) is 11.4 Å². The number of piperidine rings is 1. The minimum atomic E-state index is 0.262. The molecule has 3 N–H and O–H groups in total. The van der Waals surface area contributed by atoms with Gasteiger partial charge in [0.1, 0.15) is 5.84 Å². The van der Waals surface area contributed by atoms with E-state index in [1.807, 2.05) is 0 Å². The van der Waals surface area contributed by atoms with Crippen LogP contribution in [0.1, 0.15) is 51.4 Å². The molecule has 2 heterocycles. The quantitative estimate of drug-likeness (QED) is 0.608. The maximum absolute atomic E-state index is 8.54. The van der Waals surface area contributed by atoms with Crippen LogP contribution in [0.3, 0.4) is 0 Å². The number of nitrogens with one attached hydrogen (secondary N) is 3. The number of allylic oxidation sites excluding steroid dienone is 6. The number of rotatable bonds is 5. The largest absolute Gasteiger partial charge is 0.356 e. The first kappa shape index (κ1) is 20.0. The fraction of sp³-hybridized carbons (Fsp3) is 0.542. The first-order valence-electron chi connectivity index (χ1n) is 11.2. The van der Waals surface area contributed by atoms with Gasteiger partial charge < -0.3 is 21.0 Å². The van der Waals surface area contributed by atoms with Crippen molar-refractivity contribution in [3.8, 4) is 0 Å². The first-order valence-corrected chi connectivity index (χ1v) is 11.2. The standard InChI is InChI=1S/C24H33N5/c25-14-6-10-22(26)21-17-18-7-4-5-11-23(18)28-24(21)29-15-12-20(13-16-29)27-19-8-2-1-3-9-19/h4-6,10-11,14,17-20,25-27H,1-3,7-9,12-13,15-16H2/b10-6-,25-14?,26-22?. The Kier molecular flexibility index (Phi) is 6.55. The van der Waals surface area contributed by atoms with Crippen molar-refractivity contribution in [2.75, 3.05) is 13.1 Å². The first-order chi connectivity index (χ1) is 14.2. The lowest BCUT2D eigenvalue weighted by Crippen LogP contribution is -2.49. The maximum atomic E-state index is 8.54. The second kappa shape index (κ2) is 9.49. The van der Waals surface area contributed by atoms with E-state index >= 15 is 0 Å². The molecule has 4 aliphatic rings. The number of fused-ring (bicyclic) bond motifs is 1. The van der Waals surface area contributed by atoms with Crippen molar-refractivity contribution in [2.24, 2.45) is 10.9 Å². The molecule has 29 heavy (non-hydrogen) atoms. The van der Waals surface area contributed by atoms with Crippen molar-refractivity contribution in [1.29, 1.82) is 10.8 Å². The molecule has 1 saturated heterocycles. The zero-order valence-electron chi connectivity index (χ0n) is 17.2. The van der Waals surface area contributed by atoms with E-state index in [9.17, 15) is 0 Å². The SMILES string of the molecule is N=C/C=C\C(=N)C1=CC2CC=CC=C2N=C1N1CCC(NC2CCCCC2)CC1. The van der Waals surface area contributed by atoms with Gasteiger partial charge in [0, 0.05) is 42.9 Å². The fourth-order valence-electron chi connectivity index (χ4n) is 4.91. The summed E-state index contributed by atoms with van der Waals surface area (Å²) in [5.74, 6) is 1.21. The molecule has 2 aliphatic carbocycles. The molecule has 0 aromatic rings. The minimum Gasteiger partial charge on any atom is -0.356 e. The lowest BCUT2D eigenvalue weighted by atomic mass is 9.89. The van der Waals surface area contributed by atoms with Gasteiger partial charge >= 0.3 is 0 Å². The molecule has 2 aliphatic heterocycles. The summed E-state index contributed by atoms with van der Waals surface area (Å²) >= 11 is 0. The number of amidine groups is 1. The predicted molar refractivity (Wildman–Crippen MR) is 121 cm³/mol. The Hall–Kier alpha value is -2.27. The van der Waals surface area contributed by atoms with E-state index in [0.29, 0.717) is 17.8 Å². The summed E-state index contributed by atoms with van der Waals surface area (Å²) in [4.78, 5) is 7.38. The van der Waals surface area contributed by atoms with Crippen LogP contribution in [0.15, 0.2) is 52.7 Å². The molecule has 0 radical (unpaired) electrons. The van der Waals surface area contributed by atoms with Gasteiger partial charge in [0.25, 0.3) is 0 Å². The summed E-state index contributed by atoms with van der Waals surface area (Å²) in [6.45, 7) is 1.96. The Morgan fingerprint density at radius 1 is 1.10 bits per heavy atom. The number of hydrogen-bond donors (Lipinski definition) is 3. The van der Waals surface area contributed by atoms with Crippen molar-refractivity contribution in [2.45, 2.75) is 63.5 Å². The Labute approximate surface area is 174 Å². The molecule has 154 valence electrons. The molecule has 0 aromatic heterocycles. The van der Waals surface area contributed by atoms with Gasteiger partial charge in [-0.3, -0.25) is 0 Å². The zero-order valence-corrected chi connectivity index (χ0v) is 17.2. The summed E-state index contributed by atoms with van der Waals surface area (Å²) in [5, 5.41) is 19.7. The third-order valence-electron chi connectivity index (χ3n) is 6.54. The van der Waals surface area contributed by atoms with Gasteiger partial charge in [-0.15, -0.1) is 0 Å². The molecule has 2 fully saturated rings. The number of likely N-dealkylation sites (tertiary alicyclic amines) is 1. The highest BCUT2D eigenvalue weighted by molar-refractivity contribution is 6.27. The molecule has 5 heteroatoms. The number of nitrogens with zero attached hydrogens (tertiary/aromatic N) is 2. The molecule has 1 saturated carbocycles. The Morgan fingerprint density at radius 2 is 1.86 bits per heavy atom. The summed E-state index contributed by atoms with van der Waals surface area (Å²) in [6.07, 6.45) is 23.2. The number of aliphatic imine (C=N–C) groups is 1. The van der Waals surface area contributed by atoms with Gasteiger partial charge in [-0.2, -0.15) is 0 Å². The van der Waals surface area contributed by atoms with E-state index in [4.69, 9.17) is 15.8 Å². The van der Waals surface area contributed by atoms with E-state index in [-0.39, 0.29) is 5.92 Å². The number of dihydropyridines is 1. The van der Waals surface area contributed by atoms with Gasteiger partial charge in [-0.1, -0.05) is 37.5 Å². The molecular formula is C24H33N5. The van der Waals surface area contributed by atoms with Gasteiger partial charge in [0.2, 0.25) is 0 Å². The molecule has 0 aromatic carbocycles. The molecule has 0 spiro atoms. The fourth-order valence-corrected chi connectivity index (χ4v) is 4.91. The van der Waals surface area contributed by atoms with Crippen molar-refractivity contribution >= 4 is 17.8 Å². The lowest BCUT2D eigenvalue weighted by molar-refractivity contribution is 0.247. The average molecular weight is 392 g/mol. The minimum absolute atomic E-state index is 0.262. The average Bonchev–Trinajstić information content (AvgIpc) is 2.78. The van der Waals surface area contributed by atoms with Crippen molar-refractivity contribution in [3.05, 3.63) is 47.7 Å². The summed E-state index contributed by atoms with van der Waals surface area (Å²) in [6, 6.07) is 1.31. The highest BCUT2D eigenvalue weighted by atomic mass is 15.2. The van der Waals surface area contributed by atoms with E-state index in [1.54, 1.807) is 12.2 Å². The third kappa shape index (κ3) is 4.84. The highest BCUT2D eigenvalue weighted by Crippen LogP contribution is 2.31. The van der Waals surface area contributed by atoms with E-state index in [0.717, 1.165) is 49.5 Å². The predicted octanol–water partition coefficient (Wildman–Crippen LogP) is 4.40. The second-order valence-corrected chi connectivity index (χ2v) is 8.58. The topological polar surface area (TPSA) is 75.3 Å².